The molecular formula is C28H38F3N3O4. The van der Waals surface area contributed by atoms with Crippen LogP contribution in [0.1, 0.15) is 68.9 Å². The fourth-order valence-electron chi connectivity index (χ4n) is 6.37. The zero-order valence-corrected chi connectivity index (χ0v) is 21.8. The van der Waals surface area contributed by atoms with Crippen molar-refractivity contribution in [3.63, 3.8) is 0 Å². The summed E-state index contributed by atoms with van der Waals surface area (Å²) in [7, 11) is 0. The maximum Gasteiger partial charge on any atom is 0.416 e. The van der Waals surface area contributed by atoms with Gasteiger partial charge in [0.25, 0.3) is 0 Å². The number of hydrogen-bond donors (Lipinski definition) is 1. The Balaban J connectivity index is 1.03. The smallest absolute Gasteiger partial charge is 0.416 e. The van der Waals surface area contributed by atoms with E-state index in [0.29, 0.717) is 32.0 Å². The molecule has 1 spiro atoms. The first kappa shape index (κ1) is 27.2. The summed E-state index contributed by atoms with van der Waals surface area (Å²) in [5.74, 6) is 0.485. The van der Waals surface area contributed by atoms with Gasteiger partial charge >= 0.3 is 12.3 Å². The molecule has 10 heteroatoms. The quantitative estimate of drug-likeness (QED) is 0.544. The molecule has 1 aromatic carbocycles. The molecular weight excluding hydrogens is 499 g/mol. The van der Waals surface area contributed by atoms with Crippen molar-refractivity contribution < 1.29 is 32.2 Å². The van der Waals surface area contributed by atoms with Gasteiger partial charge in [-0.25, -0.2) is 4.79 Å². The second-order valence-corrected chi connectivity index (χ2v) is 11.5. The van der Waals surface area contributed by atoms with E-state index < -0.39 is 17.3 Å². The van der Waals surface area contributed by atoms with E-state index >= 15 is 0 Å². The summed E-state index contributed by atoms with van der Waals surface area (Å²) in [6.45, 7) is 4.09. The van der Waals surface area contributed by atoms with Crippen LogP contribution in [-0.4, -0.2) is 72.3 Å². The molecule has 0 radical (unpaired) electrons. The molecule has 3 heterocycles. The normalized spacial score (nSPS) is 28.0. The Kier molecular flexibility index (Phi) is 8.19. The van der Waals surface area contributed by atoms with Crippen molar-refractivity contribution in [2.45, 2.75) is 88.3 Å². The maximum absolute atomic E-state index is 12.8. The topological polar surface area (TPSA) is 71.1 Å². The van der Waals surface area contributed by atoms with Crippen LogP contribution in [0.25, 0.3) is 0 Å². The molecule has 1 aromatic rings. The molecule has 1 saturated carbocycles. The molecule has 1 N–H and O–H groups in total. The van der Waals surface area contributed by atoms with Gasteiger partial charge in [0.1, 0.15) is 5.60 Å². The summed E-state index contributed by atoms with van der Waals surface area (Å²) >= 11 is 0. The number of rotatable bonds is 7. The average Bonchev–Trinajstić information content (AvgIpc) is 3.49. The van der Waals surface area contributed by atoms with Gasteiger partial charge in [-0.1, -0.05) is 12.1 Å². The summed E-state index contributed by atoms with van der Waals surface area (Å²) in [6, 6.07) is 5.53. The Morgan fingerprint density at radius 1 is 1.05 bits per heavy atom. The van der Waals surface area contributed by atoms with Crippen LogP contribution in [0.5, 0.6) is 0 Å². The fraction of sp³-hybridized carbons (Fsp3) is 0.714. The highest BCUT2D eigenvalue weighted by atomic mass is 19.4. The fourth-order valence-corrected chi connectivity index (χ4v) is 6.37. The molecule has 210 valence electrons. The average molecular weight is 538 g/mol. The summed E-state index contributed by atoms with van der Waals surface area (Å²) in [5, 5.41) is 3.17. The molecule has 0 bridgehead atoms. The lowest BCUT2D eigenvalue weighted by molar-refractivity contribution is -0.137. The number of halogens is 3. The maximum atomic E-state index is 12.8. The Morgan fingerprint density at radius 3 is 2.39 bits per heavy atom. The number of ether oxygens (including phenoxy) is 2. The number of piperidine rings is 1. The van der Waals surface area contributed by atoms with Gasteiger partial charge in [0, 0.05) is 51.7 Å². The van der Waals surface area contributed by atoms with Gasteiger partial charge in [-0.2, -0.15) is 13.2 Å². The van der Waals surface area contributed by atoms with Crippen molar-refractivity contribution >= 4 is 12.0 Å². The first-order chi connectivity index (χ1) is 18.2. The third kappa shape index (κ3) is 6.81. The third-order valence-corrected chi connectivity index (χ3v) is 8.62. The molecule has 2 amide bonds. The lowest BCUT2D eigenvalue weighted by atomic mass is 9.85. The van der Waals surface area contributed by atoms with Gasteiger partial charge in [-0.3, -0.25) is 9.69 Å². The van der Waals surface area contributed by atoms with Crippen molar-refractivity contribution in [1.82, 2.24) is 15.1 Å². The molecule has 7 nitrogen and oxygen atoms in total. The van der Waals surface area contributed by atoms with Crippen molar-refractivity contribution in [2.75, 3.05) is 32.8 Å². The zero-order chi connectivity index (χ0) is 26.8. The van der Waals surface area contributed by atoms with E-state index in [1.165, 1.54) is 12.1 Å². The highest BCUT2D eigenvalue weighted by molar-refractivity contribution is 5.76. The van der Waals surface area contributed by atoms with E-state index in [2.05, 4.69) is 10.2 Å². The molecule has 3 saturated heterocycles. The number of benzene rings is 1. The predicted octanol–water partition coefficient (Wildman–Crippen LogP) is 4.74. The van der Waals surface area contributed by atoms with Gasteiger partial charge in [0.05, 0.1) is 24.6 Å². The number of carbonyl (C=O) groups is 2. The highest BCUT2D eigenvalue weighted by Crippen LogP contribution is 2.36. The summed E-state index contributed by atoms with van der Waals surface area (Å²) in [6.07, 6.45) is 3.18. The van der Waals surface area contributed by atoms with Crippen LogP contribution < -0.4 is 5.32 Å². The second kappa shape index (κ2) is 11.4. The largest absolute Gasteiger partial charge is 0.441 e. The number of nitrogens with one attached hydrogen (secondary N) is 1. The first-order valence-corrected chi connectivity index (χ1v) is 13.9. The summed E-state index contributed by atoms with van der Waals surface area (Å²) in [4.78, 5) is 29.1. The number of nitrogens with zero attached hydrogens (tertiary/aromatic N) is 2. The van der Waals surface area contributed by atoms with E-state index in [9.17, 15) is 22.8 Å². The Labute approximate surface area is 222 Å². The van der Waals surface area contributed by atoms with Gasteiger partial charge in [-0.05, 0) is 62.1 Å². The molecule has 5 rings (SSSR count). The minimum Gasteiger partial charge on any atom is -0.441 e. The molecule has 0 aromatic heterocycles. The minimum atomic E-state index is -4.33. The molecule has 3 aliphatic heterocycles. The molecule has 1 atom stereocenters. The lowest BCUT2D eigenvalue weighted by Gasteiger charge is -2.37. The van der Waals surface area contributed by atoms with Gasteiger partial charge in [0.2, 0.25) is 5.91 Å². The van der Waals surface area contributed by atoms with E-state index in [0.717, 1.165) is 88.8 Å². The molecule has 38 heavy (non-hydrogen) atoms. The van der Waals surface area contributed by atoms with Crippen LogP contribution >= 0.6 is 0 Å². The van der Waals surface area contributed by atoms with Crippen LogP contribution in [0, 0.1) is 5.92 Å². The van der Waals surface area contributed by atoms with Crippen molar-refractivity contribution in [2.24, 2.45) is 5.92 Å². The van der Waals surface area contributed by atoms with Gasteiger partial charge in [-0.15, -0.1) is 0 Å². The Bertz CT molecular complexity index is 965. The number of alkyl halides is 3. The monoisotopic (exact) mass is 537 g/mol. The van der Waals surface area contributed by atoms with Gasteiger partial charge in [0.15, 0.2) is 0 Å². The number of carbonyl (C=O) groups excluding carboxylic acids is 2. The standard InChI is InChI=1S/C28H38F3N3O4/c29-28(30,31)22-7-3-20(4-8-22)17-33-13-11-27(12-14-33)19-34(26(36)38-27)18-21-5-9-23(10-6-21)32-25(35)16-24-2-1-15-37-24/h3-4,7-8,21,23-24H,1-2,5-6,9-19H2,(H,32,35). The van der Waals surface area contributed by atoms with Crippen LogP contribution in [0.15, 0.2) is 24.3 Å². The van der Waals surface area contributed by atoms with E-state index in [1.807, 2.05) is 4.90 Å². The van der Waals surface area contributed by atoms with E-state index in [-0.39, 0.29) is 24.1 Å². The van der Waals surface area contributed by atoms with Crippen molar-refractivity contribution in [3.8, 4) is 0 Å². The van der Waals surface area contributed by atoms with Crippen molar-refractivity contribution in [3.05, 3.63) is 35.4 Å². The molecule has 1 unspecified atom stereocenters. The highest BCUT2D eigenvalue weighted by Gasteiger charge is 2.47. The SMILES string of the molecule is O=C(CC1CCCO1)NC1CCC(CN2CC3(CCN(Cc4ccc(C(F)(F)F)cc4)CC3)OC2=O)CC1. The predicted molar refractivity (Wildman–Crippen MR) is 134 cm³/mol. The Morgan fingerprint density at radius 2 is 1.76 bits per heavy atom. The van der Waals surface area contributed by atoms with Crippen LogP contribution in [0.2, 0.25) is 0 Å². The zero-order valence-electron chi connectivity index (χ0n) is 21.8. The number of hydrogen-bond acceptors (Lipinski definition) is 5. The van der Waals surface area contributed by atoms with E-state index in [1.54, 1.807) is 0 Å². The van der Waals surface area contributed by atoms with Crippen LogP contribution in [0.4, 0.5) is 18.0 Å². The number of amides is 2. The van der Waals surface area contributed by atoms with Gasteiger partial charge < -0.3 is 19.7 Å². The third-order valence-electron chi connectivity index (χ3n) is 8.62. The minimum absolute atomic E-state index is 0.0662. The second-order valence-electron chi connectivity index (χ2n) is 11.5. The molecule has 1 aliphatic carbocycles. The van der Waals surface area contributed by atoms with E-state index in [4.69, 9.17) is 9.47 Å². The van der Waals surface area contributed by atoms with Crippen LogP contribution in [0.3, 0.4) is 0 Å². The summed E-state index contributed by atoms with van der Waals surface area (Å²) in [5.41, 5.74) is -0.261. The molecule has 4 fully saturated rings. The number of likely N-dealkylation sites (tertiary alicyclic amines) is 1. The first-order valence-electron chi connectivity index (χ1n) is 13.9. The van der Waals surface area contributed by atoms with Crippen molar-refractivity contribution in [1.29, 1.82) is 0 Å². The van der Waals surface area contributed by atoms with Crippen LogP contribution in [-0.2, 0) is 27.0 Å². The Hall–Kier alpha value is -2.33. The summed E-state index contributed by atoms with van der Waals surface area (Å²) < 4.78 is 49.9. The lowest BCUT2D eigenvalue weighted by Crippen LogP contribution is -2.47. The molecule has 4 aliphatic rings.